The highest BCUT2D eigenvalue weighted by atomic mass is 32.1. The van der Waals surface area contributed by atoms with Crippen LogP contribution in [0, 0.1) is 13.8 Å². The zero-order valence-corrected chi connectivity index (χ0v) is 11.5. The molecule has 0 fully saturated rings. The number of nitrogens with one attached hydrogen (secondary N) is 1. The van der Waals surface area contributed by atoms with E-state index in [2.05, 4.69) is 62.5 Å². The van der Waals surface area contributed by atoms with Gasteiger partial charge < -0.3 is 5.32 Å². The minimum Gasteiger partial charge on any atom is -0.306 e. The lowest BCUT2D eigenvalue weighted by Gasteiger charge is -2.17. The van der Waals surface area contributed by atoms with Gasteiger partial charge >= 0.3 is 0 Å². The van der Waals surface area contributed by atoms with Crippen LogP contribution in [0.1, 0.15) is 33.8 Å². The molecule has 0 aliphatic rings. The van der Waals surface area contributed by atoms with Crippen LogP contribution in [0.4, 0.5) is 0 Å². The van der Waals surface area contributed by atoms with E-state index in [0.717, 1.165) is 6.54 Å². The Hall–Kier alpha value is -1.12. The summed E-state index contributed by atoms with van der Waals surface area (Å²) in [5.74, 6) is 0. The Morgan fingerprint density at radius 3 is 2.29 bits per heavy atom. The number of aryl methyl sites for hydroxylation is 2. The lowest BCUT2D eigenvalue weighted by molar-refractivity contribution is 0.639. The quantitative estimate of drug-likeness (QED) is 0.856. The topological polar surface area (TPSA) is 12.0 Å². The summed E-state index contributed by atoms with van der Waals surface area (Å²) in [6.07, 6.45) is 0. The van der Waals surface area contributed by atoms with E-state index >= 15 is 0 Å². The van der Waals surface area contributed by atoms with Crippen molar-refractivity contribution in [3.63, 3.8) is 0 Å². The van der Waals surface area contributed by atoms with Gasteiger partial charge in [0.2, 0.25) is 0 Å². The van der Waals surface area contributed by atoms with Gasteiger partial charge in [0.15, 0.2) is 0 Å². The Bertz CT molecular complexity index is 470. The number of hydrogen-bond donors (Lipinski definition) is 1. The molecule has 1 aromatic carbocycles. The Kier molecular flexibility index (Phi) is 3.97. The molecule has 0 aliphatic carbocycles. The SMILES string of the molecule is CCNC(c1ccc(C)cc1)c1ccc(C)s1. The van der Waals surface area contributed by atoms with Crippen molar-refractivity contribution in [3.05, 3.63) is 57.3 Å². The number of benzene rings is 1. The third-order valence-electron chi connectivity index (χ3n) is 2.86. The van der Waals surface area contributed by atoms with Gasteiger partial charge in [-0.2, -0.15) is 0 Å². The Balaban J connectivity index is 2.31. The molecule has 2 heteroatoms. The van der Waals surface area contributed by atoms with Crippen LogP contribution in [0.5, 0.6) is 0 Å². The van der Waals surface area contributed by atoms with Crippen molar-refractivity contribution in [3.8, 4) is 0 Å². The summed E-state index contributed by atoms with van der Waals surface area (Å²) in [7, 11) is 0. The zero-order valence-electron chi connectivity index (χ0n) is 10.7. The molecule has 0 saturated carbocycles. The van der Waals surface area contributed by atoms with Crippen LogP contribution in [0.25, 0.3) is 0 Å². The normalized spacial score (nSPS) is 12.6. The smallest absolute Gasteiger partial charge is 0.0671 e. The van der Waals surface area contributed by atoms with Gasteiger partial charge in [-0.3, -0.25) is 0 Å². The van der Waals surface area contributed by atoms with Crippen molar-refractivity contribution in [2.75, 3.05) is 6.54 Å². The Morgan fingerprint density at radius 2 is 1.76 bits per heavy atom. The molecule has 17 heavy (non-hydrogen) atoms. The standard InChI is InChI=1S/C15H19NS/c1-4-16-15(14-10-7-12(3)17-14)13-8-5-11(2)6-9-13/h5-10,15-16H,4H2,1-3H3. The van der Waals surface area contributed by atoms with E-state index < -0.39 is 0 Å². The van der Waals surface area contributed by atoms with Crippen molar-refractivity contribution >= 4 is 11.3 Å². The third kappa shape index (κ3) is 2.96. The zero-order chi connectivity index (χ0) is 12.3. The summed E-state index contributed by atoms with van der Waals surface area (Å²) in [4.78, 5) is 2.77. The molecule has 0 amide bonds. The number of rotatable bonds is 4. The van der Waals surface area contributed by atoms with Crippen LogP contribution in [0.2, 0.25) is 0 Å². The van der Waals surface area contributed by atoms with Crippen molar-refractivity contribution in [1.29, 1.82) is 0 Å². The molecule has 0 spiro atoms. The van der Waals surface area contributed by atoms with Gasteiger partial charge in [-0.15, -0.1) is 11.3 Å². The fourth-order valence-corrected chi connectivity index (χ4v) is 2.94. The average Bonchev–Trinajstić information content (AvgIpc) is 2.74. The molecule has 0 saturated heterocycles. The molecular formula is C15H19NS. The molecule has 1 N–H and O–H groups in total. The molecule has 1 unspecified atom stereocenters. The lowest BCUT2D eigenvalue weighted by Crippen LogP contribution is -2.20. The molecule has 0 radical (unpaired) electrons. The molecule has 1 nitrogen and oxygen atoms in total. The van der Waals surface area contributed by atoms with Crippen LogP contribution in [0.15, 0.2) is 36.4 Å². The van der Waals surface area contributed by atoms with Crippen LogP contribution in [0.3, 0.4) is 0 Å². The van der Waals surface area contributed by atoms with Crippen LogP contribution in [-0.2, 0) is 0 Å². The van der Waals surface area contributed by atoms with E-state index in [1.54, 1.807) is 0 Å². The fraction of sp³-hybridized carbons (Fsp3) is 0.333. The maximum Gasteiger partial charge on any atom is 0.0671 e. The van der Waals surface area contributed by atoms with Gasteiger partial charge in [0, 0.05) is 9.75 Å². The second kappa shape index (κ2) is 5.48. The molecule has 1 aromatic heterocycles. The second-order valence-electron chi connectivity index (χ2n) is 4.35. The largest absolute Gasteiger partial charge is 0.306 e. The van der Waals surface area contributed by atoms with Crippen molar-refractivity contribution in [1.82, 2.24) is 5.32 Å². The highest BCUT2D eigenvalue weighted by molar-refractivity contribution is 7.12. The number of hydrogen-bond acceptors (Lipinski definition) is 2. The van der Waals surface area contributed by atoms with Crippen molar-refractivity contribution in [2.45, 2.75) is 26.8 Å². The third-order valence-corrected chi connectivity index (χ3v) is 3.93. The number of thiophene rings is 1. The summed E-state index contributed by atoms with van der Waals surface area (Å²) < 4.78 is 0. The molecule has 2 aromatic rings. The molecule has 90 valence electrons. The first-order valence-electron chi connectivity index (χ1n) is 6.07. The first-order chi connectivity index (χ1) is 8.20. The summed E-state index contributed by atoms with van der Waals surface area (Å²) in [6.45, 7) is 7.42. The van der Waals surface area contributed by atoms with Crippen molar-refractivity contribution < 1.29 is 0 Å². The monoisotopic (exact) mass is 245 g/mol. The summed E-state index contributed by atoms with van der Waals surface area (Å²) in [6, 6.07) is 13.6. The molecule has 1 heterocycles. The molecule has 0 aliphatic heterocycles. The van der Waals surface area contributed by atoms with E-state index in [9.17, 15) is 0 Å². The summed E-state index contributed by atoms with van der Waals surface area (Å²) in [5, 5.41) is 3.56. The summed E-state index contributed by atoms with van der Waals surface area (Å²) >= 11 is 1.87. The van der Waals surface area contributed by atoms with Gasteiger partial charge in [0.25, 0.3) is 0 Å². The lowest BCUT2D eigenvalue weighted by atomic mass is 10.0. The highest BCUT2D eigenvalue weighted by Gasteiger charge is 2.14. The predicted molar refractivity (Wildman–Crippen MR) is 75.8 cm³/mol. The Labute approximate surface area is 108 Å². The average molecular weight is 245 g/mol. The van der Waals surface area contributed by atoms with Gasteiger partial charge in [-0.1, -0.05) is 36.8 Å². The van der Waals surface area contributed by atoms with Gasteiger partial charge in [-0.05, 0) is 38.1 Å². The van der Waals surface area contributed by atoms with Crippen molar-refractivity contribution in [2.24, 2.45) is 0 Å². The van der Waals surface area contributed by atoms with E-state index in [1.807, 2.05) is 11.3 Å². The van der Waals surface area contributed by atoms with E-state index in [-0.39, 0.29) is 0 Å². The van der Waals surface area contributed by atoms with Gasteiger partial charge in [0.05, 0.1) is 6.04 Å². The maximum absolute atomic E-state index is 3.56. The minimum absolute atomic E-state index is 0.333. The van der Waals surface area contributed by atoms with E-state index in [4.69, 9.17) is 0 Å². The second-order valence-corrected chi connectivity index (χ2v) is 5.67. The van der Waals surface area contributed by atoms with Gasteiger partial charge in [-0.25, -0.2) is 0 Å². The van der Waals surface area contributed by atoms with Crippen LogP contribution >= 0.6 is 11.3 Å². The molecule has 1 atom stereocenters. The maximum atomic E-state index is 3.56. The molecular weight excluding hydrogens is 226 g/mol. The van der Waals surface area contributed by atoms with Crippen LogP contribution < -0.4 is 5.32 Å². The Morgan fingerprint density at radius 1 is 1.06 bits per heavy atom. The van der Waals surface area contributed by atoms with Crippen LogP contribution in [-0.4, -0.2) is 6.54 Å². The molecule has 0 bridgehead atoms. The first-order valence-corrected chi connectivity index (χ1v) is 6.88. The highest BCUT2D eigenvalue weighted by Crippen LogP contribution is 2.28. The summed E-state index contributed by atoms with van der Waals surface area (Å²) in [5.41, 5.74) is 2.66. The fourth-order valence-electron chi connectivity index (χ4n) is 1.95. The van der Waals surface area contributed by atoms with E-state index in [1.165, 1.54) is 20.9 Å². The van der Waals surface area contributed by atoms with Gasteiger partial charge in [0.1, 0.15) is 0 Å². The first kappa shape index (κ1) is 12.3. The predicted octanol–water partition coefficient (Wildman–Crippen LogP) is 4.06. The molecule has 2 rings (SSSR count). The van der Waals surface area contributed by atoms with E-state index in [0.29, 0.717) is 6.04 Å². The minimum atomic E-state index is 0.333.